The minimum absolute atomic E-state index is 0.470. The number of nitrogens with one attached hydrogen (secondary N) is 1. The molecule has 1 aliphatic heterocycles. The van der Waals surface area contributed by atoms with Crippen molar-refractivity contribution >= 4 is 0 Å². The van der Waals surface area contributed by atoms with Gasteiger partial charge in [0.25, 0.3) is 0 Å². The average Bonchev–Trinajstić information content (AvgIpc) is 2.65. The van der Waals surface area contributed by atoms with Crippen LogP contribution in [0.3, 0.4) is 0 Å². The Balaban J connectivity index is 2.08. The second kappa shape index (κ2) is 6.58. The summed E-state index contributed by atoms with van der Waals surface area (Å²) in [6.07, 6.45) is 1.36. The van der Waals surface area contributed by atoms with Crippen molar-refractivity contribution < 1.29 is 4.74 Å². The third-order valence-electron chi connectivity index (χ3n) is 3.58. The summed E-state index contributed by atoms with van der Waals surface area (Å²) in [6, 6.07) is 0. The molecule has 0 aromatic carbocycles. The number of methoxy groups -OCH3 is 1. The maximum Gasteiger partial charge on any atom is 0.0587 e. The summed E-state index contributed by atoms with van der Waals surface area (Å²) < 4.78 is 5.00. The molecule has 3 heteroatoms. The molecule has 0 saturated carbocycles. The minimum Gasteiger partial charge on any atom is -0.383 e. The molecule has 1 saturated heterocycles. The highest BCUT2D eigenvalue weighted by molar-refractivity contribution is 4.83. The Morgan fingerprint density at radius 1 is 1.31 bits per heavy atom. The number of rotatable bonds is 6. The quantitative estimate of drug-likeness (QED) is 0.699. The van der Waals surface area contributed by atoms with Gasteiger partial charge in [-0.25, -0.2) is 0 Å². The minimum atomic E-state index is 0.470. The second-order valence-electron chi connectivity index (χ2n) is 5.90. The van der Waals surface area contributed by atoms with Crippen LogP contribution in [0.15, 0.2) is 0 Å². The number of ether oxygens (including phenoxy) is 1. The highest BCUT2D eigenvalue weighted by Gasteiger charge is 2.31. The Morgan fingerprint density at radius 2 is 2.06 bits per heavy atom. The van der Waals surface area contributed by atoms with Gasteiger partial charge >= 0.3 is 0 Å². The highest BCUT2D eigenvalue weighted by Crippen LogP contribution is 2.33. The summed E-state index contributed by atoms with van der Waals surface area (Å²) in [5.74, 6) is 0.867. The zero-order valence-corrected chi connectivity index (χ0v) is 11.4. The first-order valence-electron chi connectivity index (χ1n) is 6.46. The summed E-state index contributed by atoms with van der Waals surface area (Å²) in [7, 11) is 1.75. The average molecular weight is 228 g/mol. The second-order valence-corrected chi connectivity index (χ2v) is 5.90. The number of hydrogen-bond acceptors (Lipinski definition) is 3. The molecule has 0 radical (unpaired) electrons. The molecule has 0 amide bonds. The Hall–Kier alpha value is -0.120. The third kappa shape index (κ3) is 4.81. The maximum absolute atomic E-state index is 5.00. The van der Waals surface area contributed by atoms with Gasteiger partial charge in [-0.1, -0.05) is 20.8 Å². The molecule has 0 aliphatic carbocycles. The van der Waals surface area contributed by atoms with Crippen molar-refractivity contribution in [2.45, 2.75) is 27.2 Å². The predicted octanol–water partition coefficient (Wildman–Crippen LogP) is 1.59. The molecule has 0 aromatic rings. The molecule has 1 N–H and O–H groups in total. The van der Waals surface area contributed by atoms with Gasteiger partial charge in [-0.15, -0.1) is 0 Å². The topological polar surface area (TPSA) is 24.5 Å². The first-order valence-corrected chi connectivity index (χ1v) is 6.46. The first-order chi connectivity index (χ1) is 7.54. The lowest BCUT2D eigenvalue weighted by Gasteiger charge is -2.27. The van der Waals surface area contributed by atoms with Gasteiger partial charge in [0.2, 0.25) is 0 Å². The number of hydrogen-bond donors (Lipinski definition) is 1. The summed E-state index contributed by atoms with van der Waals surface area (Å²) in [5, 5.41) is 3.40. The fourth-order valence-electron chi connectivity index (χ4n) is 2.28. The van der Waals surface area contributed by atoms with Gasteiger partial charge in [-0.3, -0.25) is 0 Å². The van der Waals surface area contributed by atoms with Crippen LogP contribution < -0.4 is 5.32 Å². The molecule has 1 aliphatic rings. The van der Waals surface area contributed by atoms with Gasteiger partial charge in [0.05, 0.1) is 6.61 Å². The van der Waals surface area contributed by atoms with Crippen molar-refractivity contribution in [2.24, 2.45) is 11.3 Å². The third-order valence-corrected chi connectivity index (χ3v) is 3.58. The SMILES string of the molecule is COCCNCCN1CCC(C(C)(C)C)C1. The predicted molar refractivity (Wildman–Crippen MR) is 68.7 cm³/mol. The summed E-state index contributed by atoms with van der Waals surface area (Å²) in [5.41, 5.74) is 0.470. The van der Waals surface area contributed by atoms with E-state index < -0.39 is 0 Å². The van der Waals surface area contributed by atoms with Crippen molar-refractivity contribution in [3.63, 3.8) is 0 Å². The van der Waals surface area contributed by atoms with E-state index in [0.717, 1.165) is 25.6 Å². The van der Waals surface area contributed by atoms with Crippen molar-refractivity contribution in [1.29, 1.82) is 0 Å². The van der Waals surface area contributed by atoms with Gasteiger partial charge in [-0.05, 0) is 24.3 Å². The molecule has 0 aromatic heterocycles. The van der Waals surface area contributed by atoms with Crippen LogP contribution in [0.5, 0.6) is 0 Å². The standard InChI is InChI=1S/C13H28N2O/c1-13(2,3)12-5-8-15(11-12)9-6-14-7-10-16-4/h12,14H,5-11H2,1-4H3. The van der Waals surface area contributed by atoms with E-state index in [9.17, 15) is 0 Å². The smallest absolute Gasteiger partial charge is 0.0587 e. The van der Waals surface area contributed by atoms with Crippen LogP contribution in [-0.4, -0.2) is 51.3 Å². The summed E-state index contributed by atoms with van der Waals surface area (Å²) in [4.78, 5) is 2.58. The van der Waals surface area contributed by atoms with Crippen LogP contribution in [0, 0.1) is 11.3 Å². The Labute approximate surface area is 101 Å². The lowest BCUT2D eigenvalue weighted by atomic mass is 9.80. The van der Waals surface area contributed by atoms with E-state index in [1.165, 1.54) is 26.1 Å². The van der Waals surface area contributed by atoms with Crippen molar-refractivity contribution in [2.75, 3.05) is 46.4 Å². The lowest BCUT2D eigenvalue weighted by molar-refractivity contribution is 0.196. The van der Waals surface area contributed by atoms with E-state index >= 15 is 0 Å². The largest absolute Gasteiger partial charge is 0.383 e. The van der Waals surface area contributed by atoms with E-state index in [0.29, 0.717) is 5.41 Å². The van der Waals surface area contributed by atoms with Crippen LogP contribution in [-0.2, 0) is 4.74 Å². The Bertz CT molecular complexity index is 189. The Morgan fingerprint density at radius 3 is 2.62 bits per heavy atom. The fourth-order valence-corrected chi connectivity index (χ4v) is 2.28. The zero-order valence-electron chi connectivity index (χ0n) is 11.4. The molecule has 96 valence electrons. The van der Waals surface area contributed by atoms with E-state index in [1.54, 1.807) is 7.11 Å². The first kappa shape index (κ1) is 13.9. The van der Waals surface area contributed by atoms with Gasteiger partial charge in [-0.2, -0.15) is 0 Å². The zero-order chi connectivity index (χ0) is 12.0. The van der Waals surface area contributed by atoms with Crippen molar-refractivity contribution in [1.82, 2.24) is 10.2 Å². The van der Waals surface area contributed by atoms with E-state index in [4.69, 9.17) is 4.74 Å². The van der Waals surface area contributed by atoms with E-state index in [-0.39, 0.29) is 0 Å². The van der Waals surface area contributed by atoms with Gasteiger partial charge in [0.1, 0.15) is 0 Å². The molecule has 1 unspecified atom stereocenters. The van der Waals surface area contributed by atoms with E-state index in [2.05, 4.69) is 31.0 Å². The van der Waals surface area contributed by atoms with Crippen LogP contribution in [0.2, 0.25) is 0 Å². The highest BCUT2D eigenvalue weighted by atomic mass is 16.5. The van der Waals surface area contributed by atoms with Crippen LogP contribution in [0.25, 0.3) is 0 Å². The normalized spacial score (nSPS) is 22.9. The number of nitrogens with zero attached hydrogens (tertiary/aromatic N) is 1. The maximum atomic E-state index is 5.00. The fraction of sp³-hybridized carbons (Fsp3) is 1.00. The molecule has 0 bridgehead atoms. The van der Waals surface area contributed by atoms with Crippen molar-refractivity contribution in [3.8, 4) is 0 Å². The molecular weight excluding hydrogens is 200 g/mol. The van der Waals surface area contributed by atoms with Gasteiger partial charge in [0, 0.05) is 33.3 Å². The van der Waals surface area contributed by atoms with Gasteiger partial charge in [0.15, 0.2) is 0 Å². The number of likely N-dealkylation sites (tertiary alicyclic amines) is 1. The van der Waals surface area contributed by atoms with Crippen molar-refractivity contribution in [3.05, 3.63) is 0 Å². The van der Waals surface area contributed by atoms with Crippen LogP contribution in [0.4, 0.5) is 0 Å². The van der Waals surface area contributed by atoms with Gasteiger partial charge < -0.3 is 15.0 Å². The molecule has 1 atom stereocenters. The lowest BCUT2D eigenvalue weighted by Crippen LogP contribution is -2.33. The van der Waals surface area contributed by atoms with Crippen LogP contribution >= 0.6 is 0 Å². The monoisotopic (exact) mass is 228 g/mol. The molecule has 1 heterocycles. The molecule has 0 spiro atoms. The Kier molecular flexibility index (Phi) is 5.73. The summed E-state index contributed by atoms with van der Waals surface area (Å²) >= 11 is 0. The molecular formula is C13H28N2O. The van der Waals surface area contributed by atoms with E-state index in [1.807, 2.05) is 0 Å². The molecule has 3 nitrogen and oxygen atoms in total. The summed E-state index contributed by atoms with van der Waals surface area (Å²) in [6.45, 7) is 13.7. The molecule has 1 rings (SSSR count). The molecule has 1 fully saturated rings. The molecule has 16 heavy (non-hydrogen) atoms. The van der Waals surface area contributed by atoms with Crippen LogP contribution in [0.1, 0.15) is 27.2 Å².